The van der Waals surface area contributed by atoms with Crippen molar-refractivity contribution in [3.8, 4) is 0 Å². The van der Waals surface area contributed by atoms with E-state index in [0.29, 0.717) is 5.56 Å². The predicted molar refractivity (Wildman–Crippen MR) is 65.2 cm³/mol. The highest BCUT2D eigenvalue weighted by molar-refractivity contribution is 7.17. The van der Waals surface area contributed by atoms with Crippen LogP contribution in [-0.2, 0) is 9.53 Å². The van der Waals surface area contributed by atoms with E-state index in [4.69, 9.17) is 0 Å². The highest BCUT2D eigenvalue weighted by Gasteiger charge is 2.14. The molecule has 0 aliphatic heterocycles. The van der Waals surface area contributed by atoms with Crippen LogP contribution in [0.1, 0.15) is 23.2 Å². The number of nitrogens with zero attached hydrogens (tertiary/aromatic N) is 1. The maximum atomic E-state index is 11.9. The minimum atomic E-state index is -0.365. The fourth-order valence-corrected chi connectivity index (χ4v) is 2.45. The van der Waals surface area contributed by atoms with Crippen LogP contribution in [0.5, 0.6) is 0 Å². The molecule has 2 aromatic heterocycles. The Morgan fingerprint density at radius 2 is 2.24 bits per heavy atom. The Hall–Kier alpha value is -1.75. The van der Waals surface area contributed by atoms with Gasteiger partial charge in [0.15, 0.2) is 5.78 Å². The SMILES string of the molecule is COC(=O)CCC(=O)c1csc2ncccc12. The molecule has 17 heavy (non-hydrogen) atoms. The van der Waals surface area contributed by atoms with E-state index in [1.165, 1.54) is 18.4 Å². The van der Waals surface area contributed by atoms with E-state index in [0.717, 1.165) is 10.2 Å². The highest BCUT2D eigenvalue weighted by atomic mass is 32.1. The van der Waals surface area contributed by atoms with Crippen LogP contribution in [0.2, 0.25) is 0 Å². The molecule has 4 nitrogen and oxygen atoms in total. The Kier molecular flexibility index (Phi) is 3.49. The molecule has 0 saturated heterocycles. The molecule has 0 fully saturated rings. The summed E-state index contributed by atoms with van der Waals surface area (Å²) >= 11 is 1.43. The molecule has 2 rings (SSSR count). The van der Waals surface area contributed by atoms with Crippen molar-refractivity contribution in [1.29, 1.82) is 0 Å². The molecule has 0 amide bonds. The van der Waals surface area contributed by atoms with Crippen molar-refractivity contribution < 1.29 is 14.3 Å². The molecule has 0 aliphatic rings. The van der Waals surface area contributed by atoms with Crippen molar-refractivity contribution in [3.05, 3.63) is 29.3 Å². The summed E-state index contributed by atoms with van der Waals surface area (Å²) in [4.78, 5) is 27.9. The van der Waals surface area contributed by atoms with Gasteiger partial charge in [-0.25, -0.2) is 4.98 Å². The third-order valence-corrected chi connectivity index (χ3v) is 3.34. The lowest BCUT2D eigenvalue weighted by Gasteiger charge is -1.99. The lowest BCUT2D eigenvalue weighted by Crippen LogP contribution is -2.05. The molecule has 0 unspecified atom stereocenters. The number of hydrogen-bond donors (Lipinski definition) is 0. The van der Waals surface area contributed by atoms with E-state index < -0.39 is 0 Å². The number of pyridine rings is 1. The summed E-state index contributed by atoms with van der Waals surface area (Å²) < 4.78 is 4.50. The molecule has 88 valence electrons. The number of ketones is 1. The van der Waals surface area contributed by atoms with Crippen LogP contribution in [-0.4, -0.2) is 23.8 Å². The number of hydrogen-bond acceptors (Lipinski definition) is 5. The average molecular weight is 249 g/mol. The second-order valence-corrected chi connectivity index (χ2v) is 4.36. The standard InChI is InChI=1S/C12H11NO3S/c1-16-11(15)5-4-10(14)9-7-17-12-8(9)3-2-6-13-12/h2-3,6-7H,4-5H2,1H3. The van der Waals surface area contributed by atoms with Gasteiger partial charge in [0, 0.05) is 28.9 Å². The first-order valence-electron chi connectivity index (χ1n) is 5.14. The van der Waals surface area contributed by atoms with Crippen LogP contribution in [0, 0.1) is 0 Å². The molecule has 0 aliphatic carbocycles. The molecule has 0 radical (unpaired) electrons. The summed E-state index contributed by atoms with van der Waals surface area (Å²) in [6, 6.07) is 3.66. The van der Waals surface area contributed by atoms with Gasteiger partial charge in [-0.3, -0.25) is 9.59 Å². The Bertz CT molecular complexity index is 562. The van der Waals surface area contributed by atoms with E-state index in [1.54, 1.807) is 17.6 Å². The number of aromatic nitrogens is 1. The van der Waals surface area contributed by atoms with Gasteiger partial charge in [-0.15, -0.1) is 11.3 Å². The monoisotopic (exact) mass is 249 g/mol. The van der Waals surface area contributed by atoms with Crippen LogP contribution in [0.4, 0.5) is 0 Å². The third kappa shape index (κ3) is 2.50. The zero-order chi connectivity index (χ0) is 12.3. The zero-order valence-corrected chi connectivity index (χ0v) is 10.1. The normalized spacial score (nSPS) is 10.4. The van der Waals surface area contributed by atoms with Crippen molar-refractivity contribution in [2.24, 2.45) is 0 Å². The second-order valence-electron chi connectivity index (χ2n) is 3.50. The number of thiophene rings is 1. The van der Waals surface area contributed by atoms with E-state index >= 15 is 0 Å². The van der Waals surface area contributed by atoms with E-state index in [9.17, 15) is 9.59 Å². The van der Waals surface area contributed by atoms with Crippen molar-refractivity contribution in [2.75, 3.05) is 7.11 Å². The maximum Gasteiger partial charge on any atom is 0.305 e. The second kappa shape index (κ2) is 5.05. The maximum absolute atomic E-state index is 11.9. The topological polar surface area (TPSA) is 56.3 Å². The number of fused-ring (bicyclic) bond motifs is 1. The quantitative estimate of drug-likeness (QED) is 0.617. The average Bonchev–Trinajstić information content (AvgIpc) is 2.79. The number of esters is 1. The molecule has 0 saturated carbocycles. The van der Waals surface area contributed by atoms with Crippen LogP contribution in [0.25, 0.3) is 10.2 Å². The Labute approximate surface area is 102 Å². The lowest BCUT2D eigenvalue weighted by atomic mass is 10.1. The fourth-order valence-electron chi connectivity index (χ4n) is 1.54. The van der Waals surface area contributed by atoms with Crippen molar-refractivity contribution >= 4 is 33.3 Å². The molecule has 0 aromatic carbocycles. The zero-order valence-electron chi connectivity index (χ0n) is 9.30. The van der Waals surface area contributed by atoms with Gasteiger partial charge in [0.1, 0.15) is 4.83 Å². The smallest absolute Gasteiger partial charge is 0.305 e. The van der Waals surface area contributed by atoms with Crippen molar-refractivity contribution in [1.82, 2.24) is 4.98 Å². The van der Waals surface area contributed by atoms with Gasteiger partial charge in [-0.05, 0) is 12.1 Å². The summed E-state index contributed by atoms with van der Waals surface area (Å²) in [5.41, 5.74) is 0.641. The molecule has 2 heterocycles. The summed E-state index contributed by atoms with van der Waals surface area (Å²) in [5.74, 6) is -0.411. The van der Waals surface area contributed by atoms with Crippen molar-refractivity contribution in [2.45, 2.75) is 12.8 Å². The van der Waals surface area contributed by atoms with Gasteiger partial charge >= 0.3 is 5.97 Å². The molecular weight excluding hydrogens is 238 g/mol. The fraction of sp³-hybridized carbons (Fsp3) is 0.250. The van der Waals surface area contributed by atoms with Gasteiger partial charge in [0.2, 0.25) is 0 Å². The largest absolute Gasteiger partial charge is 0.469 e. The van der Waals surface area contributed by atoms with Gasteiger partial charge in [0.25, 0.3) is 0 Å². The number of Topliss-reactive ketones (excluding diaryl/α,β-unsaturated/α-hetero) is 1. The molecule has 0 bridgehead atoms. The minimum absolute atomic E-state index is 0.0466. The van der Waals surface area contributed by atoms with E-state index in [-0.39, 0.29) is 24.6 Å². The third-order valence-electron chi connectivity index (χ3n) is 2.43. The van der Waals surface area contributed by atoms with Crippen LogP contribution in [0.3, 0.4) is 0 Å². The molecular formula is C12H11NO3S. The lowest BCUT2D eigenvalue weighted by molar-refractivity contribution is -0.140. The minimum Gasteiger partial charge on any atom is -0.469 e. The van der Waals surface area contributed by atoms with Gasteiger partial charge in [-0.2, -0.15) is 0 Å². The molecule has 0 N–H and O–H groups in total. The first kappa shape index (κ1) is 11.7. The van der Waals surface area contributed by atoms with E-state index in [2.05, 4.69) is 9.72 Å². The molecule has 5 heteroatoms. The number of rotatable bonds is 4. The van der Waals surface area contributed by atoms with Gasteiger partial charge in [0.05, 0.1) is 13.5 Å². The predicted octanol–water partition coefficient (Wildman–Crippen LogP) is 2.43. The van der Waals surface area contributed by atoms with Crippen molar-refractivity contribution in [3.63, 3.8) is 0 Å². The summed E-state index contributed by atoms with van der Waals surface area (Å²) in [6.45, 7) is 0. The summed E-state index contributed by atoms with van der Waals surface area (Å²) in [7, 11) is 1.32. The van der Waals surface area contributed by atoms with E-state index in [1.807, 2.05) is 6.07 Å². The summed E-state index contributed by atoms with van der Waals surface area (Å²) in [6.07, 6.45) is 1.99. The van der Waals surface area contributed by atoms with Gasteiger partial charge in [-0.1, -0.05) is 0 Å². The Balaban J connectivity index is 2.17. The number of carbonyl (C=O) groups excluding carboxylic acids is 2. The Morgan fingerprint density at radius 3 is 3.00 bits per heavy atom. The first-order chi connectivity index (χ1) is 8.22. The molecule has 0 spiro atoms. The number of carbonyl (C=O) groups is 2. The number of ether oxygens (including phenoxy) is 1. The Morgan fingerprint density at radius 1 is 1.41 bits per heavy atom. The number of methoxy groups -OCH3 is 1. The first-order valence-corrected chi connectivity index (χ1v) is 6.02. The highest BCUT2D eigenvalue weighted by Crippen LogP contribution is 2.24. The molecule has 2 aromatic rings. The van der Waals surface area contributed by atoms with Gasteiger partial charge < -0.3 is 4.74 Å². The summed E-state index contributed by atoms with van der Waals surface area (Å²) in [5, 5.41) is 2.64. The van der Waals surface area contributed by atoms with Crippen LogP contribution < -0.4 is 0 Å². The molecule has 0 atom stereocenters. The van der Waals surface area contributed by atoms with Crippen LogP contribution in [0.15, 0.2) is 23.7 Å². The van der Waals surface area contributed by atoms with Crippen LogP contribution >= 0.6 is 11.3 Å².